The van der Waals surface area contributed by atoms with E-state index in [2.05, 4.69) is 29.2 Å². The Hall–Kier alpha value is -1.27. The molecule has 2 rings (SSSR count). The molecule has 0 spiro atoms. The minimum absolute atomic E-state index is 0.243. The van der Waals surface area contributed by atoms with Gasteiger partial charge in [0.15, 0.2) is 5.69 Å². The van der Waals surface area contributed by atoms with E-state index in [1.807, 2.05) is 0 Å². The number of hydrogen-bond acceptors (Lipinski definition) is 4. The number of likely N-dealkylation sites (N-methyl/N-ethyl adjacent to an activating group) is 1. The van der Waals surface area contributed by atoms with Gasteiger partial charge in [0.25, 0.3) is 5.91 Å². The second-order valence-corrected chi connectivity index (χ2v) is 5.05. The molecule has 1 aromatic rings. The van der Waals surface area contributed by atoms with E-state index in [1.165, 1.54) is 0 Å². The van der Waals surface area contributed by atoms with Gasteiger partial charge in [-0.2, -0.15) is 5.10 Å². The third-order valence-corrected chi connectivity index (χ3v) is 3.77. The van der Waals surface area contributed by atoms with Crippen LogP contribution in [0.2, 0.25) is 5.02 Å². The Morgan fingerprint density at radius 1 is 1.50 bits per heavy atom. The summed E-state index contributed by atoms with van der Waals surface area (Å²) in [5.74, 6) is 0.263. The van der Waals surface area contributed by atoms with Crippen molar-refractivity contribution in [1.29, 1.82) is 0 Å². The number of ether oxygens (including phenoxy) is 1. The second-order valence-electron chi connectivity index (χ2n) is 4.68. The Morgan fingerprint density at radius 2 is 2.25 bits per heavy atom. The molecule has 0 saturated carbocycles. The molecule has 0 bridgehead atoms. The fourth-order valence-corrected chi connectivity index (χ4v) is 2.47. The molecule has 1 aliphatic heterocycles. The van der Waals surface area contributed by atoms with Gasteiger partial charge in [-0.1, -0.05) is 25.4 Å². The highest BCUT2D eigenvalue weighted by Gasteiger charge is 2.24. The van der Waals surface area contributed by atoms with Crippen LogP contribution >= 0.6 is 11.6 Å². The van der Waals surface area contributed by atoms with Crippen molar-refractivity contribution in [3.63, 3.8) is 0 Å². The van der Waals surface area contributed by atoms with Crippen molar-refractivity contribution in [2.45, 2.75) is 26.8 Å². The summed E-state index contributed by atoms with van der Waals surface area (Å²) in [6.45, 7) is 8.90. The molecule has 6 nitrogen and oxygen atoms in total. The van der Waals surface area contributed by atoms with Crippen LogP contribution in [0.1, 0.15) is 30.8 Å². The molecule has 0 fully saturated rings. The lowest BCUT2D eigenvalue weighted by Crippen LogP contribution is -2.35. The first-order valence-corrected chi connectivity index (χ1v) is 7.44. The van der Waals surface area contributed by atoms with Crippen molar-refractivity contribution in [3.05, 3.63) is 10.7 Å². The number of aromatic nitrogens is 2. The first-order valence-electron chi connectivity index (χ1n) is 7.07. The Bertz CT molecular complexity index is 471. The van der Waals surface area contributed by atoms with E-state index in [0.717, 1.165) is 32.6 Å². The minimum Gasteiger partial charge on any atom is -0.477 e. The summed E-state index contributed by atoms with van der Waals surface area (Å²) in [6, 6.07) is 0. The molecule has 0 aromatic carbocycles. The highest BCUT2D eigenvalue weighted by atomic mass is 35.5. The van der Waals surface area contributed by atoms with Crippen LogP contribution in [0.5, 0.6) is 5.88 Å². The molecule has 20 heavy (non-hydrogen) atoms. The number of hydrogen-bond donors (Lipinski definition) is 1. The summed E-state index contributed by atoms with van der Waals surface area (Å²) in [5, 5.41) is 7.38. The highest BCUT2D eigenvalue weighted by molar-refractivity contribution is 6.34. The van der Waals surface area contributed by atoms with Crippen LogP contribution in [0.3, 0.4) is 0 Å². The van der Waals surface area contributed by atoms with E-state index >= 15 is 0 Å². The summed E-state index contributed by atoms with van der Waals surface area (Å²) < 4.78 is 7.10. The van der Waals surface area contributed by atoms with Crippen molar-refractivity contribution in [3.8, 4) is 5.88 Å². The number of carbonyl (C=O) groups is 1. The Balaban J connectivity index is 1.94. The summed E-state index contributed by atoms with van der Waals surface area (Å²) in [6.07, 6.45) is 0.883. The van der Waals surface area contributed by atoms with Crippen LogP contribution in [-0.2, 0) is 6.54 Å². The molecule has 1 amide bonds. The van der Waals surface area contributed by atoms with Gasteiger partial charge in [0, 0.05) is 26.1 Å². The van der Waals surface area contributed by atoms with Gasteiger partial charge in [-0.3, -0.25) is 4.79 Å². The number of carbonyl (C=O) groups excluding carboxylic acids is 1. The average Bonchev–Trinajstić information content (AvgIpc) is 2.81. The molecule has 0 saturated heterocycles. The van der Waals surface area contributed by atoms with Gasteiger partial charge in [0.2, 0.25) is 5.88 Å². The summed E-state index contributed by atoms with van der Waals surface area (Å²) in [7, 11) is 0. The van der Waals surface area contributed by atoms with Crippen molar-refractivity contribution in [2.75, 3.05) is 32.8 Å². The standard InChI is InChI=1S/C13H21ClN4O2/c1-3-17(4-2)8-6-15-12(19)11-10(14)13-18(16-11)7-5-9-20-13/h3-9H2,1-2H3,(H,15,19). The zero-order valence-electron chi connectivity index (χ0n) is 12.0. The molecule has 1 aliphatic rings. The average molecular weight is 301 g/mol. The number of nitrogens with one attached hydrogen (secondary N) is 1. The van der Waals surface area contributed by atoms with Crippen LogP contribution in [0.15, 0.2) is 0 Å². The van der Waals surface area contributed by atoms with Crippen molar-refractivity contribution < 1.29 is 9.53 Å². The lowest BCUT2D eigenvalue weighted by molar-refractivity contribution is 0.0943. The maximum atomic E-state index is 12.1. The van der Waals surface area contributed by atoms with Gasteiger partial charge < -0.3 is 15.0 Å². The fourth-order valence-electron chi connectivity index (χ4n) is 2.19. The van der Waals surface area contributed by atoms with Crippen molar-refractivity contribution in [1.82, 2.24) is 20.0 Å². The molecule has 0 radical (unpaired) electrons. The first kappa shape index (κ1) is 15.1. The number of halogens is 1. The summed E-state index contributed by atoms with van der Waals surface area (Å²) in [5.41, 5.74) is 0.253. The van der Waals surface area contributed by atoms with Gasteiger partial charge in [-0.15, -0.1) is 0 Å². The largest absolute Gasteiger partial charge is 0.477 e. The van der Waals surface area contributed by atoms with Gasteiger partial charge in [0.05, 0.1) is 6.61 Å². The molecule has 0 atom stereocenters. The van der Waals surface area contributed by atoms with E-state index in [9.17, 15) is 4.79 Å². The monoisotopic (exact) mass is 300 g/mol. The molecule has 2 heterocycles. The fraction of sp³-hybridized carbons (Fsp3) is 0.692. The highest BCUT2D eigenvalue weighted by Crippen LogP contribution is 2.30. The lowest BCUT2D eigenvalue weighted by Gasteiger charge is -2.17. The predicted octanol–water partition coefficient (Wildman–Crippen LogP) is 1.39. The third-order valence-electron chi connectivity index (χ3n) is 3.43. The minimum atomic E-state index is -0.243. The first-order chi connectivity index (χ1) is 9.67. The number of amides is 1. The second kappa shape index (κ2) is 6.95. The van der Waals surface area contributed by atoms with Crippen molar-refractivity contribution >= 4 is 17.5 Å². The van der Waals surface area contributed by atoms with E-state index in [0.29, 0.717) is 24.1 Å². The smallest absolute Gasteiger partial charge is 0.273 e. The quantitative estimate of drug-likeness (QED) is 0.862. The Morgan fingerprint density at radius 3 is 2.90 bits per heavy atom. The Kier molecular flexibility index (Phi) is 5.25. The van der Waals surface area contributed by atoms with Gasteiger partial charge in [-0.25, -0.2) is 4.68 Å². The van der Waals surface area contributed by atoms with Crippen molar-refractivity contribution in [2.24, 2.45) is 0 Å². The molecule has 7 heteroatoms. The number of rotatable bonds is 6. The van der Waals surface area contributed by atoms with Crippen LogP contribution in [0, 0.1) is 0 Å². The molecule has 0 unspecified atom stereocenters. The van der Waals surface area contributed by atoms with E-state index in [4.69, 9.17) is 16.3 Å². The van der Waals surface area contributed by atoms with E-state index in [1.54, 1.807) is 4.68 Å². The molecule has 1 N–H and O–H groups in total. The number of fused-ring (bicyclic) bond motifs is 1. The van der Waals surface area contributed by atoms with Crippen LogP contribution in [-0.4, -0.2) is 53.4 Å². The zero-order chi connectivity index (χ0) is 14.5. The SMILES string of the molecule is CCN(CC)CCNC(=O)c1nn2c(c1Cl)OCCC2. The van der Waals surface area contributed by atoms with Gasteiger partial charge >= 0.3 is 0 Å². The number of nitrogens with zero attached hydrogens (tertiary/aromatic N) is 3. The van der Waals surface area contributed by atoms with Gasteiger partial charge in [-0.05, 0) is 13.1 Å². The molecule has 112 valence electrons. The number of aryl methyl sites for hydroxylation is 1. The topological polar surface area (TPSA) is 59.4 Å². The maximum absolute atomic E-state index is 12.1. The Labute approximate surface area is 124 Å². The molecule has 1 aromatic heterocycles. The third kappa shape index (κ3) is 3.24. The lowest BCUT2D eigenvalue weighted by atomic mass is 10.3. The predicted molar refractivity (Wildman–Crippen MR) is 77.5 cm³/mol. The normalized spacial score (nSPS) is 14.0. The molecular weight excluding hydrogens is 280 g/mol. The molecular formula is C13H21ClN4O2. The summed E-state index contributed by atoms with van der Waals surface area (Å²) >= 11 is 6.15. The van der Waals surface area contributed by atoms with E-state index in [-0.39, 0.29) is 11.6 Å². The van der Waals surface area contributed by atoms with Crippen LogP contribution in [0.4, 0.5) is 0 Å². The summed E-state index contributed by atoms with van der Waals surface area (Å²) in [4.78, 5) is 14.3. The molecule has 0 aliphatic carbocycles. The maximum Gasteiger partial charge on any atom is 0.273 e. The van der Waals surface area contributed by atoms with Gasteiger partial charge in [0.1, 0.15) is 5.02 Å². The zero-order valence-corrected chi connectivity index (χ0v) is 12.7. The van der Waals surface area contributed by atoms with E-state index < -0.39 is 0 Å². The van der Waals surface area contributed by atoms with Crippen LogP contribution < -0.4 is 10.1 Å². The van der Waals surface area contributed by atoms with Crippen LogP contribution in [0.25, 0.3) is 0 Å².